The molecule has 0 radical (unpaired) electrons. The lowest BCUT2D eigenvalue weighted by atomic mass is 10.1. The summed E-state index contributed by atoms with van der Waals surface area (Å²) in [4.78, 5) is 24.3. The van der Waals surface area contributed by atoms with Crippen LogP contribution in [0.4, 0.5) is 0 Å². The number of hydrogen-bond donors (Lipinski definition) is 1. The van der Waals surface area contributed by atoms with Crippen LogP contribution in [-0.2, 0) is 10.5 Å². The second kappa shape index (κ2) is 7.84. The van der Waals surface area contributed by atoms with Gasteiger partial charge in [0.15, 0.2) is 0 Å². The standard InChI is InChI=1S/C14H19NO3S/c1-3-15(4-2)13(16)10-19-9-11-5-7-12(8-6-11)14(17)18/h5-8H,3-4,9-10H2,1-2H3,(H,17,18). The van der Waals surface area contributed by atoms with Crippen molar-refractivity contribution in [1.82, 2.24) is 4.90 Å². The molecule has 0 fully saturated rings. The average Bonchev–Trinajstić information content (AvgIpc) is 2.40. The van der Waals surface area contributed by atoms with Gasteiger partial charge in [-0.15, -0.1) is 11.8 Å². The summed E-state index contributed by atoms with van der Waals surface area (Å²) in [7, 11) is 0. The minimum Gasteiger partial charge on any atom is -0.478 e. The number of hydrogen-bond acceptors (Lipinski definition) is 3. The zero-order chi connectivity index (χ0) is 14.3. The van der Waals surface area contributed by atoms with Gasteiger partial charge in [-0.3, -0.25) is 4.79 Å². The van der Waals surface area contributed by atoms with Crippen molar-refractivity contribution < 1.29 is 14.7 Å². The molecule has 1 N–H and O–H groups in total. The monoisotopic (exact) mass is 281 g/mol. The minimum absolute atomic E-state index is 0.150. The lowest BCUT2D eigenvalue weighted by Gasteiger charge is -2.18. The van der Waals surface area contributed by atoms with Gasteiger partial charge in [0.05, 0.1) is 11.3 Å². The third kappa shape index (κ3) is 4.95. The van der Waals surface area contributed by atoms with Crippen LogP contribution in [0, 0.1) is 0 Å². The van der Waals surface area contributed by atoms with Gasteiger partial charge in [-0.1, -0.05) is 12.1 Å². The number of thioether (sulfide) groups is 1. The maximum atomic E-state index is 11.8. The fourth-order valence-corrected chi connectivity index (χ4v) is 2.55. The predicted octanol–water partition coefficient (Wildman–Crippen LogP) is 2.49. The highest BCUT2D eigenvalue weighted by atomic mass is 32.2. The van der Waals surface area contributed by atoms with Gasteiger partial charge in [0, 0.05) is 18.8 Å². The van der Waals surface area contributed by atoms with E-state index in [1.165, 1.54) is 0 Å². The molecule has 0 heterocycles. The van der Waals surface area contributed by atoms with Gasteiger partial charge in [0.25, 0.3) is 0 Å². The molecule has 0 aromatic heterocycles. The largest absolute Gasteiger partial charge is 0.478 e. The van der Waals surface area contributed by atoms with Gasteiger partial charge < -0.3 is 10.0 Å². The highest BCUT2D eigenvalue weighted by Gasteiger charge is 2.09. The number of carbonyl (C=O) groups is 2. The third-order valence-electron chi connectivity index (χ3n) is 2.81. The van der Waals surface area contributed by atoms with E-state index in [0.29, 0.717) is 11.5 Å². The van der Waals surface area contributed by atoms with Crippen molar-refractivity contribution in [3.63, 3.8) is 0 Å². The molecule has 5 heteroatoms. The van der Waals surface area contributed by atoms with Crippen LogP contribution in [0.1, 0.15) is 29.8 Å². The fraction of sp³-hybridized carbons (Fsp3) is 0.429. The summed E-state index contributed by atoms with van der Waals surface area (Å²) in [5, 5.41) is 8.78. The van der Waals surface area contributed by atoms with Crippen molar-refractivity contribution in [3.05, 3.63) is 35.4 Å². The van der Waals surface area contributed by atoms with Gasteiger partial charge in [-0.25, -0.2) is 4.79 Å². The fourth-order valence-electron chi connectivity index (χ4n) is 1.67. The van der Waals surface area contributed by atoms with E-state index in [2.05, 4.69) is 0 Å². The molecule has 104 valence electrons. The molecule has 1 amide bonds. The maximum Gasteiger partial charge on any atom is 0.335 e. The zero-order valence-electron chi connectivity index (χ0n) is 11.3. The van der Waals surface area contributed by atoms with Crippen LogP contribution in [0.3, 0.4) is 0 Å². The lowest BCUT2D eigenvalue weighted by molar-refractivity contribution is -0.127. The van der Waals surface area contributed by atoms with Crippen molar-refractivity contribution in [1.29, 1.82) is 0 Å². The first-order valence-electron chi connectivity index (χ1n) is 6.26. The Balaban J connectivity index is 2.41. The van der Waals surface area contributed by atoms with Gasteiger partial charge in [-0.2, -0.15) is 0 Å². The van der Waals surface area contributed by atoms with Crippen LogP contribution in [-0.4, -0.2) is 40.7 Å². The molecular formula is C14H19NO3S. The number of aromatic carboxylic acids is 1. The zero-order valence-corrected chi connectivity index (χ0v) is 12.1. The molecule has 0 saturated carbocycles. The van der Waals surface area contributed by atoms with Gasteiger partial charge in [-0.05, 0) is 31.5 Å². The Morgan fingerprint density at radius 3 is 2.21 bits per heavy atom. The Bertz CT molecular complexity index is 427. The topological polar surface area (TPSA) is 57.6 Å². The Morgan fingerprint density at radius 1 is 1.16 bits per heavy atom. The maximum absolute atomic E-state index is 11.8. The SMILES string of the molecule is CCN(CC)C(=O)CSCc1ccc(C(=O)O)cc1. The molecule has 0 bridgehead atoms. The average molecular weight is 281 g/mol. The molecule has 1 aromatic rings. The lowest BCUT2D eigenvalue weighted by Crippen LogP contribution is -2.31. The molecule has 0 saturated heterocycles. The third-order valence-corrected chi connectivity index (χ3v) is 3.80. The van der Waals surface area contributed by atoms with E-state index in [4.69, 9.17) is 5.11 Å². The summed E-state index contributed by atoms with van der Waals surface area (Å²) < 4.78 is 0. The van der Waals surface area contributed by atoms with Crippen molar-refractivity contribution in [2.75, 3.05) is 18.8 Å². The van der Waals surface area contributed by atoms with E-state index >= 15 is 0 Å². The van der Waals surface area contributed by atoms with Gasteiger partial charge in [0.1, 0.15) is 0 Å². The number of carboxylic acid groups (broad SMARTS) is 1. The quantitative estimate of drug-likeness (QED) is 0.834. The Morgan fingerprint density at radius 2 is 1.74 bits per heavy atom. The summed E-state index contributed by atoms with van der Waals surface area (Å²) in [6, 6.07) is 6.76. The first-order chi connectivity index (χ1) is 9.08. The first kappa shape index (κ1) is 15.6. The molecule has 0 atom stereocenters. The highest BCUT2D eigenvalue weighted by molar-refractivity contribution is 7.99. The van der Waals surface area contributed by atoms with Crippen LogP contribution in [0.25, 0.3) is 0 Å². The summed E-state index contributed by atoms with van der Waals surface area (Å²) in [6.45, 7) is 5.42. The number of nitrogens with zero attached hydrogens (tertiary/aromatic N) is 1. The Hall–Kier alpha value is -1.49. The van der Waals surface area contributed by atoms with E-state index in [1.807, 2.05) is 13.8 Å². The van der Waals surface area contributed by atoms with Gasteiger partial charge >= 0.3 is 5.97 Å². The smallest absolute Gasteiger partial charge is 0.335 e. The van der Waals surface area contributed by atoms with Crippen molar-refractivity contribution in [2.45, 2.75) is 19.6 Å². The van der Waals surface area contributed by atoms with Crippen LogP contribution in [0.15, 0.2) is 24.3 Å². The number of benzene rings is 1. The molecule has 1 aromatic carbocycles. The van der Waals surface area contributed by atoms with E-state index in [0.717, 1.165) is 18.7 Å². The second-order valence-electron chi connectivity index (χ2n) is 4.06. The van der Waals surface area contributed by atoms with E-state index in [1.54, 1.807) is 40.9 Å². The minimum atomic E-state index is -0.920. The Kier molecular flexibility index (Phi) is 6.42. The molecule has 0 aliphatic carbocycles. The van der Waals surface area contributed by atoms with Crippen LogP contribution < -0.4 is 0 Å². The molecule has 19 heavy (non-hydrogen) atoms. The van der Waals surface area contributed by atoms with Crippen molar-refractivity contribution in [3.8, 4) is 0 Å². The summed E-state index contributed by atoms with van der Waals surface area (Å²) in [5.74, 6) is 0.406. The Labute approximate surface area is 117 Å². The molecule has 0 aliphatic rings. The summed E-state index contributed by atoms with van der Waals surface area (Å²) in [5.41, 5.74) is 1.32. The van der Waals surface area contributed by atoms with E-state index < -0.39 is 5.97 Å². The van der Waals surface area contributed by atoms with Crippen molar-refractivity contribution >= 4 is 23.6 Å². The summed E-state index contributed by atoms with van der Waals surface area (Å²) in [6.07, 6.45) is 0. The van der Waals surface area contributed by atoms with Crippen LogP contribution in [0.2, 0.25) is 0 Å². The highest BCUT2D eigenvalue weighted by Crippen LogP contribution is 2.14. The normalized spacial score (nSPS) is 10.2. The van der Waals surface area contributed by atoms with Crippen LogP contribution in [0.5, 0.6) is 0 Å². The van der Waals surface area contributed by atoms with E-state index in [9.17, 15) is 9.59 Å². The number of carbonyl (C=O) groups excluding carboxylic acids is 1. The predicted molar refractivity (Wildman–Crippen MR) is 77.5 cm³/mol. The first-order valence-corrected chi connectivity index (χ1v) is 7.41. The molecule has 0 unspecified atom stereocenters. The molecular weight excluding hydrogens is 262 g/mol. The number of amides is 1. The number of rotatable bonds is 7. The van der Waals surface area contributed by atoms with Crippen molar-refractivity contribution in [2.24, 2.45) is 0 Å². The molecule has 4 nitrogen and oxygen atoms in total. The molecule has 0 aliphatic heterocycles. The molecule has 0 spiro atoms. The van der Waals surface area contributed by atoms with Crippen LogP contribution >= 0.6 is 11.8 Å². The summed E-state index contributed by atoms with van der Waals surface area (Å²) >= 11 is 1.55. The molecule has 1 rings (SSSR count). The van der Waals surface area contributed by atoms with Gasteiger partial charge in [0.2, 0.25) is 5.91 Å². The number of carboxylic acids is 1. The van der Waals surface area contributed by atoms with E-state index in [-0.39, 0.29) is 11.5 Å². The second-order valence-corrected chi connectivity index (χ2v) is 5.05.